The van der Waals surface area contributed by atoms with Gasteiger partial charge in [0.2, 0.25) is 0 Å². The molecule has 1 aliphatic carbocycles. The van der Waals surface area contributed by atoms with Gasteiger partial charge < -0.3 is 9.64 Å². The number of hydrogen-bond donors (Lipinski definition) is 0. The van der Waals surface area contributed by atoms with Crippen molar-refractivity contribution in [3.05, 3.63) is 22.9 Å². The molecule has 1 saturated carbocycles. The van der Waals surface area contributed by atoms with E-state index in [-0.39, 0.29) is 6.10 Å². The molecule has 0 spiro atoms. The normalized spacial score (nSPS) is 27.2. The molecule has 6 heteroatoms. The van der Waals surface area contributed by atoms with Crippen molar-refractivity contribution in [2.45, 2.75) is 32.0 Å². The molecular formula is C14H17BrN4O. The second kappa shape index (κ2) is 4.70. The highest BCUT2D eigenvalue weighted by Gasteiger charge is 2.37. The molecule has 106 valence electrons. The summed E-state index contributed by atoms with van der Waals surface area (Å²) in [6.45, 7) is 3.99. The lowest BCUT2D eigenvalue weighted by molar-refractivity contribution is -0.0274. The number of rotatable bonds is 2. The van der Waals surface area contributed by atoms with Crippen LogP contribution < -0.4 is 4.90 Å². The highest BCUT2D eigenvalue weighted by Crippen LogP contribution is 2.37. The van der Waals surface area contributed by atoms with E-state index < -0.39 is 0 Å². The van der Waals surface area contributed by atoms with Crippen LogP contribution in [-0.4, -0.2) is 39.9 Å². The van der Waals surface area contributed by atoms with E-state index in [1.54, 1.807) is 6.20 Å². The number of fused-ring (bicyclic) bond motifs is 1. The summed E-state index contributed by atoms with van der Waals surface area (Å²) < 4.78 is 8.78. The van der Waals surface area contributed by atoms with E-state index in [9.17, 15) is 0 Å². The molecule has 0 bridgehead atoms. The van der Waals surface area contributed by atoms with Crippen molar-refractivity contribution in [2.24, 2.45) is 5.92 Å². The minimum atomic E-state index is 0.262. The van der Waals surface area contributed by atoms with Crippen LogP contribution in [0, 0.1) is 5.92 Å². The Morgan fingerprint density at radius 3 is 2.95 bits per heavy atom. The van der Waals surface area contributed by atoms with Gasteiger partial charge in [-0.15, -0.1) is 5.10 Å². The van der Waals surface area contributed by atoms with E-state index in [2.05, 4.69) is 43.9 Å². The second-order valence-corrected chi connectivity index (χ2v) is 6.58. The van der Waals surface area contributed by atoms with Crippen LogP contribution in [-0.2, 0) is 4.74 Å². The highest BCUT2D eigenvalue weighted by atomic mass is 79.9. The molecular weight excluding hydrogens is 320 g/mol. The maximum Gasteiger partial charge on any atom is 0.154 e. The van der Waals surface area contributed by atoms with E-state index in [0.29, 0.717) is 6.10 Å². The molecule has 1 aliphatic heterocycles. The number of aromatic nitrogens is 3. The quantitative estimate of drug-likeness (QED) is 0.845. The van der Waals surface area contributed by atoms with E-state index in [4.69, 9.17) is 4.74 Å². The molecule has 0 amide bonds. The number of hydrogen-bond acceptors (Lipinski definition) is 4. The molecule has 1 saturated heterocycles. The Bertz CT molecular complexity index is 639. The lowest BCUT2D eigenvalue weighted by Crippen LogP contribution is -2.48. The van der Waals surface area contributed by atoms with Gasteiger partial charge in [0.05, 0.1) is 18.4 Å². The van der Waals surface area contributed by atoms with E-state index in [0.717, 1.165) is 35.1 Å². The van der Waals surface area contributed by atoms with Crippen molar-refractivity contribution in [3.8, 4) is 0 Å². The lowest BCUT2D eigenvalue weighted by Gasteiger charge is -2.37. The Kier molecular flexibility index (Phi) is 2.96. The first-order chi connectivity index (χ1) is 9.70. The molecule has 2 aliphatic rings. The molecule has 5 nitrogen and oxygen atoms in total. The number of imidazole rings is 1. The van der Waals surface area contributed by atoms with Crippen molar-refractivity contribution in [3.63, 3.8) is 0 Å². The molecule has 2 aromatic rings. The number of anilines is 1. The average molecular weight is 337 g/mol. The van der Waals surface area contributed by atoms with Gasteiger partial charge in [0, 0.05) is 13.1 Å². The fourth-order valence-electron chi connectivity index (χ4n) is 2.91. The van der Waals surface area contributed by atoms with Gasteiger partial charge in [0.15, 0.2) is 5.65 Å². The minimum Gasteiger partial charge on any atom is -0.371 e. The molecule has 2 atom stereocenters. The smallest absolute Gasteiger partial charge is 0.154 e. The summed E-state index contributed by atoms with van der Waals surface area (Å²) in [5.41, 5.74) is 0.862. The average Bonchev–Trinajstić information content (AvgIpc) is 3.23. The van der Waals surface area contributed by atoms with Crippen molar-refractivity contribution in [1.29, 1.82) is 0 Å². The monoisotopic (exact) mass is 336 g/mol. The van der Waals surface area contributed by atoms with E-state index in [1.165, 1.54) is 12.8 Å². The standard InChI is InChI=1S/C14H17BrN4O/c1-9-7-18(8-11(20-9)10-2-3-10)14-5-4-13-16-6-12(15)19(13)17-14/h4-6,9-11H,2-3,7-8H2,1H3/t9-,11+/m0/s1. The van der Waals surface area contributed by atoms with E-state index >= 15 is 0 Å². The molecule has 0 aromatic carbocycles. The van der Waals surface area contributed by atoms with Crippen molar-refractivity contribution in [2.75, 3.05) is 18.0 Å². The van der Waals surface area contributed by atoms with Gasteiger partial charge in [-0.1, -0.05) is 0 Å². The van der Waals surface area contributed by atoms with Crippen LogP contribution in [0.1, 0.15) is 19.8 Å². The number of morpholine rings is 1. The Labute approximate surface area is 126 Å². The SMILES string of the molecule is C[C@H]1CN(c2ccc3ncc(Br)n3n2)C[C@H](C2CC2)O1. The lowest BCUT2D eigenvalue weighted by atomic mass is 10.1. The molecule has 0 N–H and O–H groups in total. The predicted molar refractivity (Wildman–Crippen MR) is 80.0 cm³/mol. The Balaban J connectivity index is 1.64. The molecule has 3 heterocycles. The van der Waals surface area contributed by atoms with Crippen molar-refractivity contribution < 1.29 is 4.74 Å². The maximum atomic E-state index is 6.06. The van der Waals surface area contributed by atoms with Crippen molar-refractivity contribution >= 4 is 27.4 Å². The fourth-order valence-corrected chi connectivity index (χ4v) is 3.27. The third kappa shape index (κ3) is 2.20. The molecule has 0 unspecified atom stereocenters. The molecule has 20 heavy (non-hydrogen) atoms. The first-order valence-corrected chi connectivity index (χ1v) is 7.91. The third-order valence-electron chi connectivity index (χ3n) is 4.06. The van der Waals surface area contributed by atoms with E-state index in [1.807, 2.05) is 10.6 Å². The summed E-state index contributed by atoms with van der Waals surface area (Å²) in [6, 6.07) is 4.07. The van der Waals surface area contributed by atoms with Gasteiger partial charge in [0.25, 0.3) is 0 Å². The van der Waals surface area contributed by atoms with Crippen LogP contribution in [0.3, 0.4) is 0 Å². The zero-order chi connectivity index (χ0) is 13.7. The zero-order valence-corrected chi connectivity index (χ0v) is 13.0. The van der Waals surface area contributed by atoms with Crippen LogP contribution in [0.15, 0.2) is 22.9 Å². The highest BCUT2D eigenvalue weighted by molar-refractivity contribution is 9.10. The Morgan fingerprint density at radius 1 is 1.30 bits per heavy atom. The summed E-state index contributed by atoms with van der Waals surface area (Å²) in [5.74, 6) is 1.75. The summed E-state index contributed by atoms with van der Waals surface area (Å²) in [6.07, 6.45) is 5.02. The Morgan fingerprint density at radius 2 is 2.15 bits per heavy atom. The largest absolute Gasteiger partial charge is 0.371 e. The summed E-state index contributed by atoms with van der Waals surface area (Å²) in [5, 5.41) is 4.68. The van der Waals surface area contributed by atoms with Crippen molar-refractivity contribution in [1.82, 2.24) is 14.6 Å². The third-order valence-corrected chi connectivity index (χ3v) is 4.60. The van der Waals surface area contributed by atoms with Gasteiger partial charge in [-0.05, 0) is 53.7 Å². The van der Waals surface area contributed by atoms with Gasteiger partial charge in [0.1, 0.15) is 10.4 Å². The topological polar surface area (TPSA) is 42.7 Å². The van der Waals surface area contributed by atoms with Gasteiger partial charge in [-0.25, -0.2) is 9.50 Å². The fraction of sp³-hybridized carbons (Fsp3) is 0.571. The summed E-state index contributed by atoms with van der Waals surface area (Å²) in [7, 11) is 0. The van der Waals surface area contributed by atoms with Gasteiger partial charge in [-0.3, -0.25) is 0 Å². The van der Waals surface area contributed by atoms with Crippen LogP contribution in [0.25, 0.3) is 5.65 Å². The van der Waals surface area contributed by atoms with Crippen LogP contribution in [0.4, 0.5) is 5.82 Å². The minimum absolute atomic E-state index is 0.262. The maximum absolute atomic E-state index is 6.06. The van der Waals surface area contributed by atoms with Crippen LogP contribution in [0.5, 0.6) is 0 Å². The number of halogens is 1. The predicted octanol–water partition coefficient (Wildman–Crippen LogP) is 2.50. The first-order valence-electron chi connectivity index (χ1n) is 7.11. The molecule has 2 aromatic heterocycles. The summed E-state index contributed by atoms with van der Waals surface area (Å²) in [4.78, 5) is 6.62. The molecule has 0 radical (unpaired) electrons. The van der Waals surface area contributed by atoms with Crippen LogP contribution >= 0.6 is 15.9 Å². The number of ether oxygens (including phenoxy) is 1. The number of nitrogens with zero attached hydrogens (tertiary/aromatic N) is 4. The Hall–Kier alpha value is -1.14. The first kappa shape index (κ1) is 12.6. The van der Waals surface area contributed by atoms with Gasteiger partial charge in [-0.2, -0.15) is 0 Å². The zero-order valence-electron chi connectivity index (χ0n) is 11.4. The summed E-state index contributed by atoms with van der Waals surface area (Å²) >= 11 is 3.48. The molecule has 4 rings (SSSR count). The second-order valence-electron chi connectivity index (χ2n) is 5.77. The molecule has 2 fully saturated rings. The van der Waals surface area contributed by atoms with Gasteiger partial charge >= 0.3 is 0 Å². The van der Waals surface area contributed by atoms with Crippen LogP contribution in [0.2, 0.25) is 0 Å².